The van der Waals surface area contributed by atoms with Crippen LogP contribution in [0.5, 0.6) is 0 Å². The van der Waals surface area contributed by atoms with E-state index in [2.05, 4.69) is 5.32 Å². The molecule has 1 N–H and O–H groups in total. The van der Waals surface area contributed by atoms with E-state index in [0.29, 0.717) is 12.8 Å². The van der Waals surface area contributed by atoms with Crippen LogP contribution in [0.25, 0.3) is 0 Å². The average molecular weight is 351 g/mol. The van der Waals surface area contributed by atoms with Crippen molar-refractivity contribution in [2.45, 2.75) is 96.7 Å². The number of nitrogens with zero attached hydrogens (tertiary/aromatic N) is 2. The van der Waals surface area contributed by atoms with Gasteiger partial charge in [-0.1, -0.05) is 39.5 Å². The number of imide groups is 1. The predicted molar refractivity (Wildman–Crippen MR) is 97.0 cm³/mol. The van der Waals surface area contributed by atoms with Crippen LogP contribution in [-0.2, 0) is 9.59 Å². The van der Waals surface area contributed by atoms with Gasteiger partial charge in [-0.15, -0.1) is 0 Å². The lowest BCUT2D eigenvalue weighted by Gasteiger charge is -2.35. The minimum absolute atomic E-state index is 0.0926. The highest BCUT2D eigenvalue weighted by atomic mass is 16.2. The average Bonchev–Trinajstić information content (AvgIpc) is 2.77. The summed E-state index contributed by atoms with van der Waals surface area (Å²) < 4.78 is 0. The van der Waals surface area contributed by atoms with E-state index in [1.165, 1.54) is 0 Å². The van der Waals surface area contributed by atoms with Crippen LogP contribution in [0, 0.1) is 0 Å². The molecule has 1 aliphatic carbocycles. The molecule has 1 heterocycles. The molecule has 0 aromatic carbocycles. The van der Waals surface area contributed by atoms with E-state index >= 15 is 0 Å². The monoisotopic (exact) mass is 351 g/mol. The molecule has 6 heteroatoms. The summed E-state index contributed by atoms with van der Waals surface area (Å²) >= 11 is 0. The summed E-state index contributed by atoms with van der Waals surface area (Å²) in [7, 11) is 0. The fourth-order valence-electron chi connectivity index (χ4n) is 4.03. The van der Waals surface area contributed by atoms with E-state index in [1.807, 2.05) is 32.6 Å². The summed E-state index contributed by atoms with van der Waals surface area (Å²) in [6.45, 7) is 7.97. The smallest absolute Gasteiger partial charge is 0.325 e. The van der Waals surface area contributed by atoms with Gasteiger partial charge in [-0.3, -0.25) is 14.5 Å². The maximum Gasteiger partial charge on any atom is 0.325 e. The Kier molecular flexibility index (Phi) is 6.47. The lowest BCUT2D eigenvalue weighted by molar-refractivity contribution is -0.142. The lowest BCUT2D eigenvalue weighted by atomic mass is 9.90. The van der Waals surface area contributed by atoms with Crippen molar-refractivity contribution in [1.82, 2.24) is 15.1 Å². The molecular formula is C19H33N3O3. The zero-order chi connectivity index (χ0) is 18.6. The van der Waals surface area contributed by atoms with E-state index < -0.39 is 11.6 Å². The Morgan fingerprint density at radius 2 is 1.60 bits per heavy atom. The van der Waals surface area contributed by atoms with Gasteiger partial charge in [-0.2, -0.15) is 0 Å². The van der Waals surface area contributed by atoms with Gasteiger partial charge in [0, 0.05) is 12.1 Å². The van der Waals surface area contributed by atoms with Crippen LogP contribution < -0.4 is 5.32 Å². The van der Waals surface area contributed by atoms with E-state index in [1.54, 1.807) is 0 Å². The molecule has 6 nitrogen and oxygen atoms in total. The quantitative estimate of drug-likeness (QED) is 0.748. The summed E-state index contributed by atoms with van der Waals surface area (Å²) in [6, 6.07) is -0.224. The maximum atomic E-state index is 13.0. The van der Waals surface area contributed by atoms with Crippen molar-refractivity contribution in [2.75, 3.05) is 6.54 Å². The third kappa shape index (κ3) is 3.98. The van der Waals surface area contributed by atoms with Crippen molar-refractivity contribution >= 4 is 17.8 Å². The van der Waals surface area contributed by atoms with Gasteiger partial charge < -0.3 is 10.2 Å². The summed E-state index contributed by atoms with van der Waals surface area (Å²) in [6.07, 6.45) is 7.14. The van der Waals surface area contributed by atoms with Crippen LogP contribution in [-0.4, -0.2) is 51.8 Å². The second-order valence-corrected chi connectivity index (χ2v) is 7.63. The second kappa shape index (κ2) is 8.19. The van der Waals surface area contributed by atoms with Crippen LogP contribution in [0.4, 0.5) is 4.79 Å². The Bertz CT molecular complexity index is 502. The third-order valence-electron chi connectivity index (χ3n) is 5.92. The first kappa shape index (κ1) is 19.7. The fourth-order valence-corrected chi connectivity index (χ4v) is 4.03. The van der Waals surface area contributed by atoms with Crippen molar-refractivity contribution in [3.63, 3.8) is 0 Å². The zero-order valence-corrected chi connectivity index (χ0v) is 16.1. The molecule has 4 amide bonds. The van der Waals surface area contributed by atoms with Crippen molar-refractivity contribution in [3.8, 4) is 0 Å². The van der Waals surface area contributed by atoms with Gasteiger partial charge in [0.1, 0.15) is 12.1 Å². The molecule has 2 aliphatic rings. The number of rotatable bonds is 6. The minimum atomic E-state index is -0.772. The number of carbonyl (C=O) groups excluding carboxylic acids is 3. The molecule has 2 atom stereocenters. The minimum Gasteiger partial charge on any atom is -0.336 e. The van der Waals surface area contributed by atoms with E-state index in [9.17, 15) is 14.4 Å². The molecule has 1 saturated carbocycles. The van der Waals surface area contributed by atoms with E-state index in [0.717, 1.165) is 43.4 Å². The Morgan fingerprint density at radius 3 is 2.08 bits per heavy atom. The van der Waals surface area contributed by atoms with Crippen molar-refractivity contribution < 1.29 is 14.4 Å². The largest absolute Gasteiger partial charge is 0.336 e. The van der Waals surface area contributed by atoms with Crippen LogP contribution in [0.15, 0.2) is 0 Å². The third-order valence-corrected chi connectivity index (χ3v) is 5.92. The molecule has 1 saturated heterocycles. The molecule has 2 fully saturated rings. The highest BCUT2D eigenvalue weighted by Crippen LogP contribution is 2.32. The predicted octanol–water partition coefficient (Wildman–Crippen LogP) is 3.06. The molecule has 0 radical (unpaired) electrons. The SMILES string of the molecule is CC[C@@H](C)N(C(=O)CN1C(=O)NC2(CCCCCC2)C1=O)[C@@H](C)CC. The summed E-state index contributed by atoms with van der Waals surface area (Å²) in [4.78, 5) is 41.2. The molecule has 0 unspecified atom stereocenters. The molecule has 0 aromatic heterocycles. The molecular weight excluding hydrogens is 318 g/mol. The lowest BCUT2D eigenvalue weighted by Crippen LogP contribution is -2.50. The molecule has 0 bridgehead atoms. The number of hydrogen-bond acceptors (Lipinski definition) is 3. The van der Waals surface area contributed by atoms with Gasteiger partial charge >= 0.3 is 6.03 Å². The molecule has 25 heavy (non-hydrogen) atoms. The topological polar surface area (TPSA) is 69.7 Å². The van der Waals surface area contributed by atoms with Gasteiger partial charge in [0.25, 0.3) is 5.91 Å². The van der Waals surface area contributed by atoms with E-state index in [-0.39, 0.29) is 30.4 Å². The van der Waals surface area contributed by atoms with Crippen LogP contribution in [0.2, 0.25) is 0 Å². The van der Waals surface area contributed by atoms with Gasteiger partial charge in [0.05, 0.1) is 0 Å². The van der Waals surface area contributed by atoms with Crippen LogP contribution in [0.3, 0.4) is 0 Å². The summed E-state index contributed by atoms with van der Waals surface area (Å²) in [5, 5.41) is 2.91. The van der Waals surface area contributed by atoms with Gasteiger partial charge in [-0.05, 0) is 39.5 Å². The number of urea groups is 1. The normalized spacial score (nSPS) is 22.5. The number of amides is 4. The molecule has 2 rings (SSSR count). The Morgan fingerprint density at radius 1 is 1.08 bits per heavy atom. The van der Waals surface area contributed by atoms with E-state index in [4.69, 9.17) is 0 Å². The first-order valence-electron chi connectivity index (χ1n) is 9.81. The standard InChI is InChI=1S/C19H33N3O3/c1-5-14(3)22(15(4)6-2)16(23)13-21-17(24)19(20-18(21)25)11-9-7-8-10-12-19/h14-15H,5-13H2,1-4H3,(H,20,25)/t14-,15+. The maximum absolute atomic E-state index is 13.0. The Hall–Kier alpha value is -1.59. The van der Waals surface area contributed by atoms with Gasteiger partial charge in [-0.25, -0.2) is 4.79 Å². The molecule has 142 valence electrons. The Balaban J connectivity index is 2.14. The van der Waals surface area contributed by atoms with Crippen molar-refractivity contribution in [3.05, 3.63) is 0 Å². The van der Waals surface area contributed by atoms with Gasteiger partial charge in [0.15, 0.2) is 0 Å². The molecule has 1 spiro atoms. The van der Waals surface area contributed by atoms with Crippen molar-refractivity contribution in [2.24, 2.45) is 0 Å². The molecule has 0 aromatic rings. The van der Waals surface area contributed by atoms with Crippen LogP contribution >= 0.6 is 0 Å². The van der Waals surface area contributed by atoms with Gasteiger partial charge in [0.2, 0.25) is 5.91 Å². The van der Waals surface area contributed by atoms with Crippen LogP contribution in [0.1, 0.15) is 79.1 Å². The molecule has 1 aliphatic heterocycles. The number of nitrogens with one attached hydrogen (secondary N) is 1. The highest BCUT2D eigenvalue weighted by molar-refractivity contribution is 6.09. The first-order valence-corrected chi connectivity index (χ1v) is 9.81. The number of carbonyl (C=O) groups is 3. The summed E-state index contributed by atoms with van der Waals surface area (Å²) in [5.41, 5.74) is -0.772. The first-order chi connectivity index (χ1) is 11.9. The zero-order valence-electron chi connectivity index (χ0n) is 16.1. The fraction of sp³-hybridized carbons (Fsp3) is 0.842. The summed E-state index contributed by atoms with van der Waals surface area (Å²) in [5.74, 6) is -0.348. The second-order valence-electron chi connectivity index (χ2n) is 7.63. The Labute approximate surface area is 151 Å². The number of hydrogen-bond donors (Lipinski definition) is 1. The highest BCUT2D eigenvalue weighted by Gasteiger charge is 2.51. The van der Waals surface area contributed by atoms with Crippen molar-refractivity contribution in [1.29, 1.82) is 0 Å².